The average molecular weight is 402 g/mol. The molecule has 3 fully saturated rings. The summed E-state index contributed by atoms with van der Waals surface area (Å²) in [6, 6.07) is 2.65. The maximum absolute atomic E-state index is 12.6. The number of nitriles is 1. The predicted octanol–water partition coefficient (Wildman–Crippen LogP) is 7.20. The van der Waals surface area contributed by atoms with E-state index in [1.54, 1.807) is 0 Å². The van der Waals surface area contributed by atoms with Gasteiger partial charge in [-0.2, -0.15) is 5.26 Å². The zero-order chi connectivity index (χ0) is 20.7. The van der Waals surface area contributed by atoms with E-state index in [-0.39, 0.29) is 23.4 Å². The molecule has 0 bridgehead atoms. The smallest absolute Gasteiger partial charge is 0.309 e. The van der Waals surface area contributed by atoms with E-state index in [1.165, 1.54) is 51.4 Å². The molecule has 0 unspecified atom stereocenters. The maximum Gasteiger partial charge on any atom is 0.309 e. The fourth-order valence-corrected chi connectivity index (χ4v) is 6.59. The lowest BCUT2D eigenvalue weighted by Crippen LogP contribution is -2.34. The minimum Gasteiger partial charge on any atom is -0.462 e. The van der Waals surface area contributed by atoms with Crippen LogP contribution < -0.4 is 0 Å². The Kier molecular flexibility index (Phi) is 8.45. The van der Waals surface area contributed by atoms with Gasteiger partial charge in [0.05, 0.1) is 17.4 Å². The van der Waals surface area contributed by atoms with Gasteiger partial charge in [-0.05, 0) is 101 Å². The summed E-state index contributed by atoms with van der Waals surface area (Å²) in [5.41, 5.74) is -0.0336. The lowest BCUT2D eigenvalue weighted by Gasteiger charge is -2.40. The van der Waals surface area contributed by atoms with Crippen molar-refractivity contribution in [2.24, 2.45) is 29.1 Å². The quantitative estimate of drug-likeness (QED) is 0.424. The summed E-state index contributed by atoms with van der Waals surface area (Å²) in [5.74, 6) is 2.68. The Morgan fingerprint density at radius 1 is 0.897 bits per heavy atom. The third kappa shape index (κ3) is 5.99. The summed E-state index contributed by atoms with van der Waals surface area (Å²) < 4.78 is 5.96. The van der Waals surface area contributed by atoms with E-state index in [1.807, 2.05) is 0 Å². The average Bonchev–Trinajstić information content (AvgIpc) is 2.76. The number of hydrogen-bond acceptors (Lipinski definition) is 3. The van der Waals surface area contributed by atoms with Gasteiger partial charge in [0.1, 0.15) is 6.10 Å². The van der Waals surface area contributed by atoms with E-state index in [0.717, 1.165) is 69.1 Å². The minimum absolute atomic E-state index is 0.0336. The summed E-state index contributed by atoms with van der Waals surface area (Å²) in [6.45, 7) is 4.46. The lowest BCUT2D eigenvalue weighted by atomic mass is 9.64. The molecule has 0 heterocycles. The van der Waals surface area contributed by atoms with Gasteiger partial charge in [-0.15, -0.1) is 0 Å². The summed E-state index contributed by atoms with van der Waals surface area (Å²) in [5, 5.41) is 9.64. The topological polar surface area (TPSA) is 50.1 Å². The van der Waals surface area contributed by atoms with Gasteiger partial charge in [-0.1, -0.05) is 33.1 Å². The Morgan fingerprint density at radius 3 is 2.07 bits per heavy atom. The molecular weight excluding hydrogens is 358 g/mol. The van der Waals surface area contributed by atoms with Gasteiger partial charge in [0.15, 0.2) is 0 Å². The van der Waals surface area contributed by atoms with E-state index in [0.29, 0.717) is 0 Å². The Balaban J connectivity index is 1.37. The van der Waals surface area contributed by atoms with Gasteiger partial charge >= 0.3 is 5.97 Å². The lowest BCUT2D eigenvalue weighted by molar-refractivity contribution is -0.157. The van der Waals surface area contributed by atoms with Crippen LogP contribution in [0, 0.1) is 40.4 Å². The number of esters is 1. The molecule has 0 spiro atoms. The molecule has 3 heteroatoms. The molecule has 0 radical (unpaired) electrons. The molecule has 29 heavy (non-hydrogen) atoms. The molecule has 0 N–H and O–H groups in total. The molecule has 0 aromatic carbocycles. The SMILES string of the molecule is CCCC1CCC(C(=O)OC2CCC(C3CCC(C#N)(CCC)CC3)CC2)CC1. The van der Waals surface area contributed by atoms with Crippen LogP contribution in [0.5, 0.6) is 0 Å². The summed E-state index contributed by atoms with van der Waals surface area (Å²) in [6.07, 6.45) is 18.6. The number of carbonyl (C=O) groups excluding carboxylic acids is 1. The molecular formula is C26H43NO2. The zero-order valence-corrected chi connectivity index (χ0v) is 19.0. The maximum atomic E-state index is 12.6. The van der Waals surface area contributed by atoms with E-state index < -0.39 is 0 Å². The molecule has 0 saturated heterocycles. The highest BCUT2D eigenvalue weighted by molar-refractivity contribution is 5.72. The number of rotatable bonds is 7. The van der Waals surface area contributed by atoms with Crippen molar-refractivity contribution in [3.63, 3.8) is 0 Å². The molecule has 0 aromatic rings. The highest BCUT2D eigenvalue weighted by Gasteiger charge is 2.38. The number of ether oxygens (including phenoxy) is 1. The van der Waals surface area contributed by atoms with Gasteiger partial charge < -0.3 is 4.74 Å². The standard InChI is InChI=1S/C26H43NO2/c1-3-5-20-6-8-23(9-7-20)25(28)29-24-12-10-21(11-13-24)22-14-17-26(19-27,16-4-2)18-15-22/h20-24H,3-18H2,1-2H3. The van der Waals surface area contributed by atoms with Crippen LogP contribution in [-0.4, -0.2) is 12.1 Å². The first-order valence-electron chi connectivity index (χ1n) is 12.7. The minimum atomic E-state index is -0.0336. The van der Waals surface area contributed by atoms with Crippen LogP contribution in [0.3, 0.4) is 0 Å². The van der Waals surface area contributed by atoms with Crippen molar-refractivity contribution in [1.29, 1.82) is 5.26 Å². The molecule has 3 aliphatic carbocycles. The molecule has 164 valence electrons. The van der Waals surface area contributed by atoms with E-state index >= 15 is 0 Å². The third-order valence-electron chi connectivity index (χ3n) is 8.50. The van der Waals surface area contributed by atoms with Crippen LogP contribution >= 0.6 is 0 Å². The fraction of sp³-hybridized carbons (Fsp3) is 0.923. The van der Waals surface area contributed by atoms with Crippen LogP contribution in [0.1, 0.15) is 117 Å². The Labute approximate surface area is 179 Å². The Morgan fingerprint density at radius 2 is 1.52 bits per heavy atom. The van der Waals surface area contributed by atoms with Crippen LogP contribution in [0.4, 0.5) is 0 Å². The van der Waals surface area contributed by atoms with Gasteiger partial charge in [-0.25, -0.2) is 0 Å². The van der Waals surface area contributed by atoms with Crippen LogP contribution in [-0.2, 0) is 9.53 Å². The van der Waals surface area contributed by atoms with E-state index in [4.69, 9.17) is 4.74 Å². The first kappa shape index (κ1) is 22.6. The van der Waals surface area contributed by atoms with Gasteiger partial charge in [-0.3, -0.25) is 4.79 Å². The van der Waals surface area contributed by atoms with Crippen molar-refractivity contribution in [3.05, 3.63) is 0 Å². The monoisotopic (exact) mass is 401 g/mol. The largest absolute Gasteiger partial charge is 0.462 e. The van der Waals surface area contributed by atoms with E-state index in [9.17, 15) is 10.1 Å². The van der Waals surface area contributed by atoms with Crippen LogP contribution in [0.2, 0.25) is 0 Å². The van der Waals surface area contributed by atoms with Crippen molar-refractivity contribution in [2.75, 3.05) is 0 Å². The van der Waals surface area contributed by atoms with Crippen molar-refractivity contribution in [2.45, 2.75) is 123 Å². The van der Waals surface area contributed by atoms with Gasteiger partial charge in [0.25, 0.3) is 0 Å². The molecule has 3 saturated carbocycles. The Hall–Kier alpha value is -1.04. The van der Waals surface area contributed by atoms with Crippen molar-refractivity contribution >= 4 is 5.97 Å². The van der Waals surface area contributed by atoms with Crippen molar-refractivity contribution < 1.29 is 9.53 Å². The van der Waals surface area contributed by atoms with E-state index in [2.05, 4.69) is 19.9 Å². The molecule has 0 aliphatic heterocycles. The first-order valence-corrected chi connectivity index (χ1v) is 12.7. The summed E-state index contributed by atoms with van der Waals surface area (Å²) >= 11 is 0. The second-order valence-corrected chi connectivity index (χ2v) is 10.5. The second kappa shape index (κ2) is 10.8. The molecule has 0 aromatic heterocycles. The molecule has 0 amide bonds. The van der Waals surface area contributed by atoms with Crippen LogP contribution in [0.25, 0.3) is 0 Å². The third-order valence-corrected chi connectivity index (χ3v) is 8.50. The Bertz CT molecular complexity index is 542. The fourth-order valence-electron chi connectivity index (χ4n) is 6.59. The summed E-state index contributed by atoms with van der Waals surface area (Å²) in [7, 11) is 0. The van der Waals surface area contributed by atoms with Crippen molar-refractivity contribution in [1.82, 2.24) is 0 Å². The van der Waals surface area contributed by atoms with Gasteiger partial charge in [0.2, 0.25) is 0 Å². The van der Waals surface area contributed by atoms with Gasteiger partial charge in [0, 0.05) is 0 Å². The molecule has 0 atom stereocenters. The number of hydrogen-bond donors (Lipinski definition) is 0. The second-order valence-electron chi connectivity index (χ2n) is 10.5. The first-order chi connectivity index (χ1) is 14.1. The zero-order valence-electron chi connectivity index (χ0n) is 19.0. The highest BCUT2D eigenvalue weighted by Crippen LogP contribution is 2.47. The molecule has 3 rings (SSSR count). The predicted molar refractivity (Wildman–Crippen MR) is 117 cm³/mol. The van der Waals surface area contributed by atoms with Crippen molar-refractivity contribution in [3.8, 4) is 6.07 Å². The normalized spacial score (nSPS) is 38.2. The number of nitrogens with zero attached hydrogens (tertiary/aromatic N) is 1. The molecule has 3 aliphatic rings. The number of carbonyl (C=O) groups is 1. The summed E-state index contributed by atoms with van der Waals surface area (Å²) in [4.78, 5) is 12.6. The van der Waals surface area contributed by atoms with Crippen LogP contribution in [0.15, 0.2) is 0 Å². The molecule has 3 nitrogen and oxygen atoms in total. The highest BCUT2D eigenvalue weighted by atomic mass is 16.5.